The van der Waals surface area contributed by atoms with Crippen LogP contribution < -0.4 is 15.5 Å². The third kappa shape index (κ3) is 4.14. The summed E-state index contributed by atoms with van der Waals surface area (Å²) in [5.74, 6) is 1.91. The van der Waals surface area contributed by atoms with Crippen LogP contribution >= 0.6 is 23.1 Å². The molecule has 5 rings (SSSR count). The molecular formula is C23H23FN4O2S2. The van der Waals surface area contributed by atoms with Crippen LogP contribution in [0.25, 0.3) is 10.6 Å². The minimum atomic E-state index is -0.511. The van der Waals surface area contributed by atoms with Crippen LogP contribution in [0.4, 0.5) is 26.2 Å². The summed E-state index contributed by atoms with van der Waals surface area (Å²) in [7, 11) is 0. The Kier molecular flexibility index (Phi) is 5.69. The number of fused-ring (bicyclic) bond motifs is 3. The lowest BCUT2D eigenvalue weighted by molar-refractivity contribution is 0.156. The Morgan fingerprint density at radius 3 is 3.03 bits per heavy atom. The van der Waals surface area contributed by atoms with Crippen LogP contribution in [0.15, 0.2) is 36.4 Å². The van der Waals surface area contributed by atoms with Gasteiger partial charge >= 0.3 is 6.09 Å². The summed E-state index contributed by atoms with van der Waals surface area (Å²) < 4.78 is 18.8. The van der Waals surface area contributed by atoms with Crippen molar-refractivity contribution < 1.29 is 13.9 Å². The summed E-state index contributed by atoms with van der Waals surface area (Å²) in [6.07, 6.45) is -0.192. The molecule has 0 bridgehead atoms. The molecule has 9 heteroatoms. The van der Waals surface area contributed by atoms with Gasteiger partial charge in [-0.1, -0.05) is 0 Å². The summed E-state index contributed by atoms with van der Waals surface area (Å²) in [5.41, 5.74) is 5.42. The van der Waals surface area contributed by atoms with Crippen LogP contribution in [0.2, 0.25) is 0 Å². The number of carbonyl (C=O) groups excluding carboxylic acids is 1. The number of nitrogens with one attached hydrogen (secondary N) is 2. The van der Waals surface area contributed by atoms with Gasteiger partial charge in [0.25, 0.3) is 0 Å². The number of anilines is 3. The van der Waals surface area contributed by atoms with Crippen molar-refractivity contribution in [1.29, 1.82) is 0 Å². The number of aryl methyl sites for hydroxylation is 2. The molecule has 0 saturated carbocycles. The predicted molar refractivity (Wildman–Crippen MR) is 129 cm³/mol. The first kappa shape index (κ1) is 21.1. The largest absolute Gasteiger partial charge is 0.444 e. The second-order valence-electron chi connectivity index (χ2n) is 7.85. The Balaban J connectivity index is 1.22. The van der Waals surface area contributed by atoms with Crippen molar-refractivity contribution in [2.75, 3.05) is 33.6 Å². The van der Waals surface area contributed by atoms with Crippen molar-refractivity contribution in [2.24, 2.45) is 0 Å². The van der Waals surface area contributed by atoms with E-state index >= 15 is 0 Å². The molecule has 1 saturated heterocycles. The lowest BCUT2D eigenvalue weighted by atomic mass is 10.1. The van der Waals surface area contributed by atoms with Gasteiger partial charge in [-0.15, -0.1) is 11.3 Å². The van der Waals surface area contributed by atoms with Crippen LogP contribution in [0.1, 0.15) is 16.1 Å². The van der Waals surface area contributed by atoms with E-state index in [0.29, 0.717) is 11.9 Å². The molecule has 0 spiro atoms. The summed E-state index contributed by atoms with van der Waals surface area (Å²) in [5, 5.41) is 7.13. The molecule has 2 aromatic carbocycles. The Morgan fingerprint density at radius 2 is 2.19 bits per heavy atom. The van der Waals surface area contributed by atoms with E-state index in [2.05, 4.69) is 20.5 Å². The van der Waals surface area contributed by atoms with Crippen LogP contribution in [0, 0.1) is 19.7 Å². The van der Waals surface area contributed by atoms with E-state index < -0.39 is 6.09 Å². The molecule has 0 aliphatic carbocycles. The molecule has 3 heterocycles. The average molecular weight is 471 g/mol. The lowest BCUT2D eigenvalue weighted by Gasteiger charge is -2.30. The van der Waals surface area contributed by atoms with Gasteiger partial charge in [0.1, 0.15) is 23.6 Å². The molecule has 32 heavy (non-hydrogen) atoms. The van der Waals surface area contributed by atoms with E-state index in [4.69, 9.17) is 4.74 Å². The molecule has 6 nitrogen and oxygen atoms in total. The molecule has 166 valence electrons. The molecule has 0 radical (unpaired) electrons. The maximum absolute atomic E-state index is 13.4. The number of hydrogen-bond donors (Lipinski definition) is 2. The van der Waals surface area contributed by atoms with E-state index in [1.165, 1.54) is 29.2 Å². The zero-order chi connectivity index (χ0) is 22.2. The van der Waals surface area contributed by atoms with Crippen LogP contribution in [0.5, 0.6) is 0 Å². The fourth-order valence-electron chi connectivity index (χ4n) is 4.00. The summed E-state index contributed by atoms with van der Waals surface area (Å²) >= 11 is 3.40. The number of rotatable bonds is 4. The van der Waals surface area contributed by atoms with Gasteiger partial charge in [-0.25, -0.2) is 14.2 Å². The molecule has 1 aromatic heterocycles. The van der Waals surface area contributed by atoms with Gasteiger partial charge in [-0.2, -0.15) is 11.8 Å². The maximum Gasteiger partial charge on any atom is 0.411 e. The Bertz CT molecular complexity index is 1180. The first-order valence-corrected chi connectivity index (χ1v) is 12.4. The highest BCUT2D eigenvalue weighted by Crippen LogP contribution is 2.39. The van der Waals surface area contributed by atoms with Gasteiger partial charge in [-0.05, 0) is 55.8 Å². The van der Waals surface area contributed by atoms with Gasteiger partial charge in [0.05, 0.1) is 21.9 Å². The molecule has 1 unspecified atom stereocenters. The van der Waals surface area contributed by atoms with E-state index in [1.54, 1.807) is 6.07 Å². The van der Waals surface area contributed by atoms with Crippen molar-refractivity contribution in [2.45, 2.75) is 26.6 Å². The first-order valence-electron chi connectivity index (χ1n) is 10.4. The number of ether oxygens (including phenoxy) is 1. The number of halogens is 1. The van der Waals surface area contributed by atoms with Gasteiger partial charge in [-0.3, -0.25) is 5.32 Å². The smallest absolute Gasteiger partial charge is 0.411 e. The zero-order valence-corrected chi connectivity index (χ0v) is 19.4. The van der Waals surface area contributed by atoms with E-state index in [-0.39, 0.29) is 12.4 Å². The van der Waals surface area contributed by atoms with Gasteiger partial charge in [0, 0.05) is 29.3 Å². The van der Waals surface area contributed by atoms with Gasteiger partial charge in [0.15, 0.2) is 0 Å². The maximum atomic E-state index is 13.4. The second-order valence-corrected chi connectivity index (χ2v) is 10.1. The molecule has 1 amide bonds. The number of carbonyl (C=O) groups is 1. The van der Waals surface area contributed by atoms with Gasteiger partial charge in [0.2, 0.25) is 0 Å². The number of benzene rings is 2. The third-order valence-corrected chi connectivity index (χ3v) is 7.84. The van der Waals surface area contributed by atoms with Gasteiger partial charge < -0.3 is 15.0 Å². The molecule has 2 N–H and O–H groups in total. The standard InChI is InChI=1S/C23H23FN4O2S2/c1-13-9-15(24)3-5-17(13)22-25-14(2)20(32-22)11-30-23(29)26-16-4-6-19-18(10-16)27-21-12-31-8-7-28(19)21/h3-6,9-10,21,27H,7-8,11-12H2,1-2H3,(H,26,29). The Morgan fingerprint density at radius 1 is 1.31 bits per heavy atom. The molecule has 2 aliphatic rings. The number of nitrogens with zero attached hydrogens (tertiary/aromatic N) is 2. The number of thioether (sulfide) groups is 1. The first-order chi connectivity index (χ1) is 15.5. The average Bonchev–Trinajstić information content (AvgIpc) is 3.31. The highest BCUT2D eigenvalue weighted by Gasteiger charge is 2.31. The number of amides is 1. The molecular weight excluding hydrogens is 447 g/mol. The van der Waals surface area contributed by atoms with Crippen molar-refractivity contribution in [3.63, 3.8) is 0 Å². The topological polar surface area (TPSA) is 66.5 Å². The van der Waals surface area contributed by atoms with Crippen molar-refractivity contribution in [3.05, 3.63) is 58.3 Å². The molecule has 2 aliphatic heterocycles. The number of hydrogen-bond acceptors (Lipinski definition) is 7. The fraction of sp³-hybridized carbons (Fsp3) is 0.304. The minimum absolute atomic E-state index is 0.131. The summed E-state index contributed by atoms with van der Waals surface area (Å²) in [6, 6.07) is 10.5. The quantitative estimate of drug-likeness (QED) is 0.516. The van der Waals surface area contributed by atoms with Crippen LogP contribution in [-0.2, 0) is 11.3 Å². The second kappa shape index (κ2) is 8.63. The van der Waals surface area contributed by atoms with Crippen molar-refractivity contribution in [1.82, 2.24) is 4.98 Å². The van der Waals surface area contributed by atoms with E-state index in [1.807, 2.05) is 43.8 Å². The van der Waals surface area contributed by atoms with Crippen LogP contribution in [0.3, 0.4) is 0 Å². The monoisotopic (exact) mass is 470 g/mol. The minimum Gasteiger partial charge on any atom is -0.444 e. The number of thiazole rings is 1. The highest BCUT2D eigenvalue weighted by atomic mass is 32.2. The van der Waals surface area contributed by atoms with E-state index in [0.717, 1.165) is 50.4 Å². The highest BCUT2D eigenvalue weighted by molar-refractivity contribution is 7.99. The van der Waals surface area contributed by atoms with Crippen molar-refractivity contribution >= 4 is 46.3 Å². The summed E-state index contributed by atoms with van der Waals surface area (Å²) in [4.78, 5) is 20.2. The Labute approximate surface area is 194 Å². The number of aromatic nitrogens is 1. The van der Waals surface area contributed by atoms with Crippen molar-refractivity contribution in [3.8, 4) is 10.6 Å². The van der Waals surface area contributed by atoms with E-state index in [9.17, 15) is 9.18 Å². The SMILES string of the molecule is Cc1cc(F)ccc1-c1nc(C)c(COC(=O)Nc2ccc3c(c2)NC2CSCCN32)s1. The molecule has 1 atom stereocenters. The van der Waals surface area contributed by atoms with Crippen LogP contribution in [-0.4, -0.2) is 35.3 Å². The zero-order valence-electron chi connectivity index (χ0n) is 17.8. The third-order valence-electron chi connectivity index (χ3n) is 5.65. The molecule has 1 fully saturated rings. The lowest BCUT2D eigenvalue weighted by Crippen LogP contribution is -2.42. The Hall–Kier alpha value is -2.78. The normalized spacial score (nSPS) is 16.8. The predicted octanol–water partition coefficient (Wildman–Crippen LogP) is 5.62. The summed E-state index contributed by atoms with van der Waals surface area (Å²) in [6.45, 7) is 4.90. The fourth-order valence-corrected chi connectivity index (χ4v) is 6.05. The molecule has 3 aromatic rings.